The molecular weight excluding hydrogens is 223 g/mol. The van der Waals surface area contributed by atoms with Crippen LogP contribution in [0.15, 0.2) is 47.9 Å². The summed E-state index contributed by atoms with van der Waals surface area (Å²) in [5.74, 6) is -0.580. The zero-order chi connectivity index (χ0) is 11.4. The summed E-state index contributed by atoms with van der Waals surface area (Å²) in [6.07, 6.45) is 3.19. The Labute approximate surface area is 96.9 Å². The first-order chi connectivity index (χ1) is 7.75. The fraction of sp³-hybridized carbons (Fsp3) is 0. The molecule has 16 heavy (non-hydrogen) atoms. The van der Waals surface area contributed by atoms with Crippen LogP contribution in [0, 0.1) is 5.82 Å². The Bertz CT molecular complexity index is 514. The number of halogens is 1. The largest absolute Gasteiger partial charge is 0.289 e. The molecule has 0 saturated heterocycles. The summed E-state index contributed by atoms with van der Waals surface area (Å²) in [5.41, 5.74) is 0.368. The van der Waals surface area contributed by atoms with Gasteiger partial charge < -0.3 is 0 Å². The standard InChI is InChI=1S/C13H9FOS/c14-11-4-1-3-10(9-11)13(15)7-6-12-5-2-8-16-12/h1-9H. The molecule has 0 aliphatic heterocycles. The lowest BCUT2D eigenvalue weighted by atomic mass is 10.1. The molecular formula is C13H9FOS. The van der Waals surface area contributed by atoms with Gasteiger partial charge in [-0.1, -0.05) is 18.2 Å². The van der Waals surface area contributed by atoms with Gasteiger partial charge in [0.25, 0.3) is 0 Å². The van der Waals surface area contributed by atoms with E-state index in [0.717, 1.165) is 4.88 Å². The van der Waals surface area contributed by atoms with Crippen LogP contribution >= 0.6 is 11.3 Å². The maximum absolute atomic E-state index is 12.9. The molecule has 0 aliphatic rings. The average Bonchev–Trinajstić information content (AvgIpc) is 2.78. The molecule has 0 radical (unpaired) electrons. The van der Waals surface area contributed by atoms with Crippen LogP contribution in [0.5, 0.6) is 0 Å². The van der Waals surface area contributed by atoms with Gasteiger partial charge in [-0.2, -0.15) is 0 Å². The topological polar surface area (TPSA) is 17.1 Å². The minimum atomic E-state index is -0.393. The van der Waals surface area contributed by atoms with E-state index in [9.17, 15) is 9.18 Å². The van der Waals surface area contributed by atoms with Crippen molar-refractivity contribution >= 4 is 23.2 Å². The molecule has 0 saturated carbocycles. The SMILES string of the molecule is O=C(C=Cc1cccs1)c1cccc(F)c1. The fourth-order valence-electron chi connectivity index (χ4n) is 1.28. The van der Waals surface area contributed by atoms with Crippen LogP contribution in [0.3, 0.4) is 0 Å². The van der Waals surface area contributed by atoms with Crippen molar-refractivity contribution in [1.29, 1.82) is 0 Å². The average molecular weight is 232 g/mol. The summed E-state index contributed by atoms with van der Waals surface area (Å²) < 4.78 is 12.9. The molecule has 2 aromatic rings. The zero-order valence-electron chi connectivity index (χ0n) is 8.39. The number of rotatable bonds is 3. The third-order valence-electron chi connectivity index (χ3n) is 2.05. The summed E-state index contributed by atoms with van der Waals surface area (Å²) in [5, 5.41) is 1.94. The van der Waals surface area contributed by atoms with Crippen LogP contribution in [0.1, 0.15) is 15.2 Å². The van der Waals surface area contributed by atoms with Crippen LogP contribution in [-0.4, -0.2) is 5.78 Å². The van der Waals surface area contributed by atoms with Crippen molar-refractivity contribution < 1.29 is 9.18 Å². The molecule has 0 aliphatic carbocycles. The van der Waals surface area contributed by atoms with Gasteiger partial charge in [-0.05, 0) is 35.7 Å². The summed E-state index contributed by atoms with van der Waals surface area (Å²) >= 11 is 1.55. The van der Waals surface area contributed by atoms with Crippen molar-refractivity contribution in [2.45, 2.75) is 0 Å². The number of benzene rings is 1. The lowest BCUT2D eigenvalue weighted by Crippen LogP contribution is -1.94. The molecule has 1 aromatic carbocycles. The van der Waals surface area contributed by atoms with E-state index < -0.39 is 5.82 Å². The molecule has 3 heteroatoms. The predicted octanol–water partition coefficient (Wildman–Crippen LogP) is 3.78. The summed E-state index contributed by atoms with van der Waals surface area (Å²) in [6.45, 7) is 0. The Kier molecular flexibility index (Phi) is 3.27. The maximum atomic E-state index is 12.9. The normalized spacial score (nSPS) is 10.8. The second-order valence-corrected chi connectivity index (χ2v) is 4.20. The molecule has 0 unspecified atom stereocenters. The Morgan fingerprint density at radius 1 is 1.25 bits per heavy atom. The number of hydrogen-bond acceptors (Lipinski definition) is 2. The highest BCUT2D eigenvalue weighted by molar-refractivity contribution is 7.10. The Morgan fingerprint density at radius 2 is 2.12 bits per heavy atom. The van der Waals surface area contributed by atoms with Crippen molar-refractivity contribution in [3.63, 3.8) is 0 Å². The van der Waals surface area contributed by atoms with Gasteiger partial charge in [-0.15, -0.1) is 11.3 Å². The van der Waals surface area contributed by atoms with E-state index in [2.05, 4.69) is 0 Å². The number of ketones is 1. The lowest BCUT2D eigenvalue weighted by molar-refractivity contribution is 0.104. The van der Waals surface area contributed by atoms with E-state index in [1.807, 2.05) is 17.5 Å². The molecule has 2 rings (SSSR count). The van der Waals surface area contributed by atoms with Gasteiger partial charge >= 0.3 is 0 Å². The second-order valence-electron chi connectivity index (χ2n) is 3.22. The van der Waals surface area contributed by atoms with E-state index >= 15 is 0 Å². The highest BCUT2D eigenvalue weighted by Crippen LogP contribution is 2.12. The lowest BCUT2D eigenvalue weighted by Gasteiger charge is -1.94. The number of hydrogen-bond donors (Lipinski definition) is 0. The Hall–Kier alpha value is -1.74. The van der Waals surface area contributed by atoms with E-state index in [4.69, 9.17) is 0 Å². The van der Waals surface area contributed by atoms with Crippen molar-refractivity contribution in [2.24, 2.45) is 0 Å². The Balaban J connectivity index is 2.15. The molecule has 0 bridgehead atoms. The van der Waals surface area contributed by atoms with Crippen LogP contribution in [-0.2, 0) is 0 Å². The van der Waals surface area contributed by atoms with Crippen LogP contribution < -0.4 is 0 Å². The van der Waals surface area contributed by atoms with Crippen LogP contribution in [0.2, 0.25) is 0 Å². The smallest absolute Gasteiger partial charge is 0.185 e. The molecule has 1 heterocycles. The maximum Gasteiger partial charge on any atom is 0.185 e. The second kappa shape index (κ2) is 4.86. The van der Waals surface area contributed by atoms with Gasteiger partial charge in [-0.25, -0.2) is 4.39 Å². The zero-order valence-corrected chi connectivity index (χ0v) is 9.21. The number of carbonyl (C=O) groups excluding carboxylic acids is 1. The summed E-state index contributed by atoms with van der Waals surface area (Å²) in [6, 6.07) is 9.52. The van der Waals surface area contributed by atoms with Crippen molar-refractivity contribution in [1.82, 2.24) is 0 Å². The first-order valence-electron chi connectivity index (χ1n) is 4.77. The van der Waals surface area contributed by atoms with E-state index in [1.165, 1.54) is 24.3 Å². The van der Waals surface area contributed by atoms with Gasteiger partial charge in [-0.3, -0.25) is 4.79 Å². The van der Waals surface area contributed by atoms with Gasteiger partial charge in [0, 0.05) is 10.4 Å². The molecule has 0 N–H and O–H groups in total. The molecule has 1 aromatic heterocycles. The minimum Gasteiger partial charge on any atom is -0.289 e. The number of allylic oxidation sites excluding steroid dienone is 1. The first-order valence-corrected chi connectivity index (χ1v) is 5.65. The third-order valence-corrected chi connectivity index (χ3v) is 2.89. The van der Waals surface area contributed by atoms with Gasteiger partial charge in [0.15, 0.2) is 5.78 Å². The monoisotopic (exact) mass is 232 g/mol. The van der Waals surface area contributed by atoms with Gasteiger partial charge in [0.2, 0.25) is 0 Å². The molecule has 0 amide bonds. The van der Waals surface area contributed by atoms with E-state index in [0.29, 0.717) is 5.56 Å². The molecule has 0 spiro atoms. The molecule has 0 atom stereocenters. The predicted molar refractivity (Wildman–Crippen MR) is 64.1 cm³/mol. The molecule has 0 fully saturated rings. The minimum absolute atomic E-state index is 0.187. The highest BCUT2D eigenvalue weighted by atomic mass is 32.1. The molecule has 1 nitrogen and oxygen atoms in total. The van der Waals surface area contributed by atoms with Crippen molar-refractivity contribution in [3.05, 3.63) is 64.1 Å². The third kappa shape index (κ3) is 2.64. The van der Waals surface area contributed by atoms with Crippen molar-refractivity contribution in [3.8, 4) is 0 Å². The summed E-state index contributed by atoms with van der Waals surface area (Å²) in [7, 11) is 0. The fourth-order valence-corrected chi connectivity index (χ4v) is 1.90. The highest BCUT2D eigenvalue weighted by Gasteiger charge is 2.02. The van der Waals surface area contributed by atoms with Gasteiger partial charge in [0.1, 0.15) is 5.82 Å². The quantitative estimate of drug-likeness (QED) is 0.581. The van der Waals surface area contributed by atoms with Crippen LogP contribution in [0.4, 0.5) is 4.39 Å². The van der Waals surface area contributed by atoms with Crippen LogP contribution in [0.25, 0.3) is 6.08 Å². The Morgan fingerprint density at radius 3 is 2.81 bits per heavy atom. The van der Waals surface area contributed by atoms with Gasteiger partial charge in [0.05, 0.1) is 0 Å². The molecule has 80 valence electrons. The summed E-state index contributed by atoms with van der Waals surface area (Å²) in [4.78, 5) is 12.6. The first kappa shape index (κ1) is 10.8. The van der Waals surface area contributed by atoms with E-state index in [-0.39, 0.29) is 5.78 Å². The van der Waals surface area contributed by atoms with E-state index in [1.54, 1.807) is 23.5 Å². The van der Waals surface area contributed by atoms with Crippen molar-refractivity contribution in [2.75, 3.05) is 0 Å². The number of carbonyl (C=O) groups is 1. The number of thiophene rings is 1.